The molecule has 3 aromatic rings. The van der Waals surface area contributed by atoms with E-state index >= 15 is 0 Å². The van der Waals surface area contributed by atoms with Crippen LogP contribution in [0.4, 0.5) is 0 Å². The first kappa shape index (κ1) is 24.3. The molecule has 6 nitrogen and oxygen atoms in total. The van der Waals surface area contributed by atoms with Gasteiger partial charge in [0.2, 0.25) is 5.91 Å². The van der Waals surface area contributed by atoms with Gasteiger partial charge in [-0.05, 0) is 69.1 Å². The maximum Gasteiger partial charge on any atom is 0.225 e. The first-order valence-electron chi connectivity index (χ1n) is 12.7. The van der Waals surface area contributed by atoms with Gasteiger partial charge in [-0.25, -0.2) is 4.98 Å². The molecule has 0 radical (unpaired) electrons. The molecular weight excluding hydrogens is 424 g/mol. The second-order valence-corrected chi connectivity index (χ2v) is 9.27. The highest BCUT2D eigenvalue weighted by Gasteiger charge is 2.28. The zero-order valence-corrected chi connectivity index (χ0v) is 20.9. The minimum atomic E-state index is 0.158. The molecule has 1 fully saturated rings. The number of ether oxygens (including phenoxy) is 1. The van der Waals surface area contributed by atoms with Gasteiger partial charge < -0.3 is 14.2 Å². The summed E-state index contributed by atoms with van der Waals surface area (Å²) in [5.41, 5.74) is 3.42. The lowest BCUT2D eigenvalue weighted by Gasteiger charge is -2.34. The largest absolute Gasteiger partial charge is 0.497 e. The third-order valence-electron chi connectivity index (χ3n) is 7.01. The van der Waals surface area contributed by atoms with Crippen LogP contribution in [0.2, 0.25) is 0 Å². The molecule has 0 aliphatic carbocycles. The van der Waals surface area contributed by atoms with E-state index in [1.807, 2.05) is 18.2 Å². The van der Waals surface area contributed by atoms with Crippen molar-refractivity contribution in [2.45, 2.75) is 52.6 Å². The van der Waals surface area contributed by atoms with Crippen molar-refractivity contribution in [2.75, 3.05) is 33.3 Å². The number of hydrogen-bond donors (Lipinski definition) is 0. The van der Waals surface area contributed by atoms with E-state index in [9.17, 15) is 4.79 Å². The molecule has 2 aromatic carbocycles. The molecule has 0 unspecified atom stereocenters. The Kier molecular flexibility index (Phi) is 8.22. The summed E-state index contributed by atoms with van der Waals surface area (Å²) in [5, 5.41) is 0. The van der Waals surface area contributed by atoms with E-state index in [-0.39, 0.29) is 5.92 Å². The molecule has 0 atom stereocenters. The molecule has 1 aliphatic rings. The highest BCUT2D eigenvalue weighted by Crippen LogP contribution is 2.24. The third kappa shape index (κ3) is 5.61. The first-order chi connectivity index (χ1) is 16.6. The van der Waals surface area contributed by atoms with Crippen molar-refractivity contribution < 1.29 is 9.53 Å². The number of aromatic nitrogens is 2. The number of fused-ring (bicyclic) bond motifs is 1. The Hall–Kier alpha value is -2.86. The van der Waals surface area contributed by atoms with E-state index in [1.165, 1.54) is 5.56 Å². The number of imidazole rings is 1. The number of carbonyl (C=O) groups excluding carboxylic acids is 1. The molecule has 1 saturated heterocycles. The topological polar surface area (TPSA) is 50.6 Å². The van der Waals surface area contributed by atoms with Gasteiger partial charge in [0.25, 0.3) is 0 Å². The Morgan fingerprint density at radius 2 is 1.79 bits per heavy atom. The Morgan fingerprint density at radius 3 is 2.47 bits per heavy atom. The minimum Gasteiger partial charge on any atom is -0.497 e. The Labute approximate surface area is 203 Å². The monoisotopic (exact) mass is 462 g/mol. The Bertz CT molecular complexity index is 1070. The van der Waals surface area contributed by atoms with Crippen LogP contribution in [-0.2, 0) is 17.9 Å². The van der Waals surface area contributed by atoms with Gasteiger partial charge in [0, 0.05) is 25.6 Å². The molecule has 0 spiro atoms. The van der Waals surface area contributed by atoms with Crippen molar-refractivity contribution in [1.29, 1.82) is 0 Å². The van der Waals surface area contributed by atoms with Crippen molar-refractivity contribution in [3.8, 4) is 5.75 Å². The summed E-state index contributed by atoms with van der Waals surface area (Å²) in [6.07, 6.45) is 4.07. The summed E-state index contributed by atoms with van der Waals surface area (Å²) >= 11 is 0. The second-order valence-electron chi connectivity index (χ2n) is 9.27. The van der Waals surface area contributed by atoms with Gasteiger partial charge in [-0.15, -0.1) is 0 Å². The predicted octanol–water partition coefficient (Wildman–Crippen LogP) is 4.95. The lowest BCUT2D eigenvalue weighted by atomic mass is 9.95. The number of hydrogen-bond acceptors (Lipinski definition) is 4. The summed E-state index contributed by atoms with van der Waals surface area (Å²) in [4.78, 5) is 22.5. The number of para-hydroxylation sites is 2. The smallest absolute Gasteiger partial charge is 0.225 e. The van der Waals surface area contributed by atoms with E-state index in [4.69, 9.17) is 9.72 Å². The van der Waals surface area contributed by atoms with E-state index in [1.54, 1.807) is 7.11 Å². The fourth-order valence-electron chi connectivity index (χ4n) is 4.91. The lowest BCUT2D eigenvalue weighted by molar-refractivity contribution is -0.137. The van der Waals surface area contributed by atoms with E-state index in [2.05, 4.69) is 58.5 Å². The molecule has 0 saturated carbocycles. The quantitative estimate of drug-likeness (QED) is 0.428. The Balaban J connectivity index is 1.44. The van der Waals surface area contributed by atoms with Crippen LogP contribution in [0, 0.1) is 5.92 Å². The second kappa shape index (κ2) is 11.5. The predicted molar refractivity (Wildman–Crippen MR) is 137 cm³/mol. The van der Waals surface area contributed by atoms with Gasteiger partial charge in [-0.2, -0.15) is 0 Å². The van der Waals surface area contributed by atoms with E-state index in [0.717, 1.165) is 87.6 Å². The normalized spacial score (nSPS) is 15.0. The number of amides is 1. The van der Waals surface area contributed by atoms with Crippen molar-refractivity contribution >= 4 is 16.9 Å². The average Bonchev–Trinajstić information content (AvgIpc) is 3.22. The zero-order valence-electron chi connectivity index (χ0n) is 20.9. The summed E-state index contributed by atoms with van der Waals surface area (Å²) in [7, 11) is 1.69. The van der Waals surface area contributed by atoms with Crippen LogP contribution in [0.3, 0.4) is 0 Å². The fraction of sp³-hybridized carbons (Fsp3) is 0.500. The number of rotatable bonds is 10. The van der Waals surface area contributed by atoms with Crippen LogP contribution < -0.4 is 4.74 Å². The molecule has 0 bridgehead atoms. The standard InChI is InChI=1S/C28H38N4O2/c1-4-6-17-31(5-2)28(33)23-15-18-30(19-16-23)21-27-29-25-9-7-8-10-26(25)32(27)20-22-11-13-24(34-3)14-12-22/h7-14,23H,4-6,15-21H2,1-3H3. The van der Waals surface area contributed by atoms with Crippen LogP contribution in [0.15, 0.2) is 48.5 Å². The van der Waals surface area contributed by atoms with Crippen LogP contribution in [0.25, 0.3) is 11.0 Å². The van der Waals surface area contributed by atoms with E-state index < -0.39 is 0 Å². The maximum absolute atomic E-state index is 13.0. The maximum atomic E-state index is 13.0. The van der Waals surface area contributed by atoms with Gasteiger partial charge in [-0.3, -0.25) is 9.69 Å². The molecule has 1 amide bonds. The summed E-state index contributed by atoms with van der Waals surface area (Å²) in [5.74, 6) is 2.46. The molecule has 4 rings (SSSR count). The Morgan fingerprint density at radius 1 is 1.06 bits per heavy atom. The molecule has 1 aliphatic heterocycles. The van der Waals surface area contributed by atoms with Gasteiger partial charge in [-0.1, -0.05) is 37.6 Å². The van der Waals surface area contributed by atoms with Crippen LogP contribution in [-0.4, -0.2) is 58.5 Å². The molecular formula is C28H38N4O2. The highest BCUT2D eigenvalue weighted by atomic mass is 16.5. The number of carbonyl (C=O) groups is 1. The van der Waals surface area contributed by atoms with Gasteiger partial charge in [0.15, 0.2) is 0 Å². The van der Waals surface area contributed by atoms with Crippen molar-refractivity contribution in [2.24, 2.45) is 5.92 Å². The van der Waals surface area contributed by atoms with Crippen molar-refractivity contribution in [1.82, 2.24) is 19.4 Å². The van der Waals surface area contributed by atoms with Crippen molar-refractivity contribution in [3.05, 3.63) is 59.9 Å². The van der Waals surface area contributed by atoms with Gasteiger partial charge in [0.1, 0.15) is 11.6 Å². The number of piperidine rings is 1. The third-order valence-corrected chi connectivity index (χ3v) is 7.01. The average molecular weight is 463 g/mol. The molecule has 182 valence electrons. The lowest BCUT2D eigenvalue weighted by Crippen LogP contribution is -2.42. The van der Waals surface area contributed by atoms with Crippen LogP contribution in [0.1, 0.15) is 50.9 Å². The minimum absolute atomic E-state index is 0.158. The number of likely N-dealkylation sites (tertiary alicyclic amines) is 1. The number of benzene rings is 2. The molecule has 6 heteroatoms. The SMILES string of the molecule is CCCCN(CC)C(=O)C1CCN(Cc2nc3ccccc3n2Cc2ccc(OC)cc2)CC1. The van der Waals surface area contributed by atoms with Crippen LogP contribution >= 0.6 is 0 Å². The highest BCUT2D eigenvalue weighted by molar-refractivity contribution is 5.79. The zero-order chi connectivity index (χ0) is 23.9. The summed E-state index contributed by atoms with van der Waals surface area (Å²) in [6, 6.07) is 16.6. The first-order valence-corrected chi connectivity index (χ1v) is 12.7. The molecule has 0 N–H and O–H groups in total. The summed E-state index contributed by atoms with van der Waals surface area (Å²) in [6.45, 7) is 9.43. The molecule has 34 heavy (non-hydrogen) atoms. The van der Waals surface area contributed by atoms with Crippen LogP contribution in [0.5, 0.6) is 5.75 Å². The number of methoxy groups -OCH3 is 1. The van der Waals surface area contributed by atoms with E-state index in [0.29, 0.717) is 5.91 Å². The van der Waals surface area contributed by atoms with Crippen molar-refractivity contribution in [3.63, 3.8) is 0 Å². The number of nitrogens with zero attached hydrogens (tertiary/aromatic N) is 4. The molecule has 1 aromatic heterocycles. The van der Waals surface area contributed by atoms with Gasteiger partial charge in [0.05, 0.1) is 24.7 Å². The van der Waals surface area contributed by atoms with Gasteiger partial charge >= 0.3 is 0 Å². The summed E-state index contributed by atoms with van der Waals surface area (Å²) < 4.78 is 7.64. The number of unbranched alkanes of at least 4 members (excludes halogenated alkanes) is 1. The molecule has 2 heterocycles. The fourth-order valence-corrected chi connectivity index (χ4v) is 4.91.